The van der Waals surface area contributed by atoms with E-state index < -0.39 is 0 Å². The fourth-order valence-corrected chi connectivity index (χ4v) is 4.59. The lowest BCUT2D eigenvalue weighted by Gasteiger charge is -2.30. The molecule has 4 nitrogen and oxygen atoms in total. The molecule has 1 aliphatic carbocycles. The van der Waals surface area contributed by atoms with Crippen molar-refractivity contribution in [2.45, 2.75) is 50.6 Å². The van der Waals surface area contributed by atoms with Crippen molar-refractivity contribution in [3.8, 4) is 0 Å². The molecule has 0 radical (unpaired) electrons. The lowest BCUT2D eigenvalue weighted by molar-refractivity contribution is -0.122. The molecule has 1 aromatic heterocycles. The Morgan fingerprint density at radius 1 is 1.38 bits per heavy atom. The van der Waals surface area contributed by atoms with Crippen molar-refractivity contribution < 1.29 is 4.79 Å². The van der Waals surface area contributed by atoms with Crippen molar-refractivity contribution in [1.82, 2.24) is 14.7 Å². The van der Waals surface area contributed by atoms with Crippen LogP contribution in [-0.2, 0) is 11.2 Å². The van der Waals surface area contributed by atoms with Gasteiger partial charge in [-0.3, -0.25) is 14.4 Å². The van der Waals surface area contributed by atoms with E-state index in [1.165, 1.54) is 32.1 Å². The summed E-state index contributed by atoms with van der Waals surface area (Å²) < 4.78 is 2.10. The molecule has 1 aliphatic heterocycles. The number of hydrogen-bond donors (Lipinski definition) is 0. The minimum Gasteiger partial charge on any atom is -0.297 e. The second-order valence-corrected chi connectivity index (χ2v) is 7.44. The molecule has 0 bridgehead atoms. The normalized spacial score (nSPS) is 25.1. The smallest absolute Gasteiger partial charge is 0.156 e. The number of nitrogens with zero attached hydrogens (tertiary/aromatic N) is 3. The molecule has 0 spiro atoms. The summed E-state index contributed by atoms with van der Waals surface area (Å²) in [7, 11) is 2.06. The molecular weight excluding hydrogens is 282 g/mol. The van der Waals surface area contributed by atoms with Crippen LogP contribution in [0.25, 0.3) is 0 Å². The Bertz CT molecular complexity index is 482. The first-order valence-corrected chi connectivity index (χ1v) is 9.24. The molecular formula is C16H25N3OS. The highest BCUT2D eigenvalue weighted by Crippen LogP contribution is 2.27. The molecule has 1 atom stereocenters. The second-order valence-electron chi connectivity index (χ2n) is 6.29. The standard InChI is InChI=1S/C16H25N3OS/c1-18-9-10-21-12-15(18)16(20)11-13-7-8-19(17-13)14-5-3-2-4-6-14/h7-8,14-15H,2-6,9-12H2,1H3. The van der Waals surface area contributed by atoms with Gasteiger partial charge in [0.1, 0.15) is 0 Å². The van der Waals surface area contributed by atoms with Crippen molar-refractivity contribution in [2.24, 2.45) is 0 Å². The van der Waals surface area contributed by atoms with Crippen LogP contribution >= 0.6 is 11.8 Å². The number of thioether (sulfide) groups is 1. The Hall–Kier alpha value is -0.810. The molecule has 1 saturated heterocycles. The van der Waals surface area contributed by atoms with Crippen molar-refractivity contribution >= 4 is 17.5 Å². The van der Waals surface area contributed by atoms with Gasteiger partial charge in [-0.05, 0) is 26.0 Å². The molecule has 116 valence electrons. The van der Waals surface area contributed by atoms with Crippen molar-refractivity contribution in [3.63, 3.8) is 0 Å². The zero-order valence-corrected chi connectivity index (χ0v) is 13.6. The zero-order valence-electron chi connectivity index (χ0n) is 12.8. The van der Waals surface area contributed by atoms with Crippen LogP contribution in [0.5, 0.6) is 0 Å². The largest absolute Gasteiger partial charge is 0.297 e. The topological polar surface area (TPSA) is 38.1 Å². The highest BCUT2D eigenvalue weighted by Gasteiger charge is 2.26. The predicted molar refractivity (Wildman–Crippen MR) is 86.8 cm³/mol. The number of Topliss-reactive ketones (excluding diaryl/α,β-unsaturated/α-hetero) is 1. The van der Waals surface area contributed by atoms with Gasteiger partial charge in [-0.15, -0.1) is 0 Å². The van der Waals surface area contributed by atoms with Crippen LogP contribution in [0.15, 0.2) is 12.3 Å². The minimum absolute atomic E-state index is 0.0728. The monoisotopic (exact) mass is 307 g/mol. The van der Waals surface area contributed by atoms with Crippen LogP contribution in [0.1, 0.15) is 43.8 Å². The number of ketones is 1. The zero-order chi connectivity index (χ0) is 14.7. The average molecular weight is 307 g/mol. The summed E-state index contributed by atoms with van der Waals surface area (Å²) in [6.07, 6.45) is 8.99. The van der Waals surface area contributed by atoms with Crippen LogP contribution < -0.4 is 0 Å². The minimum atomic E-state index is 0.0728. The molecule has 0 amide bonds. The number of hydrogen-bond acceptors (Lipinski definition) is 4. The number of aromatic nitrogens is 2. The third-order valence-corrected chi connectivity index (χ3v) is 5.76. The summed E-state index contributed by atoms with van der Waals surface area (Å²) in [5, 5.41) is 4.66. The fourth-order valence-electron chi connectivity index (χ4n) is 3.34. The van der Waals surface area contributed by atoms with Crippen molar-refractivity contribution in [2.75, 3.05) is 25.1 Å². The lowest BCUT2D eigenvalue weighted by atomic mass is 9.96. The Morgan fingerprint density at radius 3 is 2.95 bits per heavy atom. The SMILES string of the molecule is CN1CCSCC1C(=O)Cc1ccn(C2CCCCC2)n1. The van der Waals surface area contributed by atoms with Crippen LogP contribution in [-0.4, -0.2) is 51.6 Å². The van der Waals surface area contributed by atoms with Crippen molar-refractivity contribution in [1.29, 1.82) is 0 Å². The van der Waals surface area contributed by atoms with Gasteiger partial charge in [0.25, 0.3) is 0 Å². The van der Waals surface area contributed by atoms with E-state index in [2.05, 4.69) is 27.9 Å². The van der Waals surface area contributed by atoms with Gasteiger partial charge in [0.05, 0.1) is 24.2 Å². The Morgan fingerprint density at radius 2 is 2.19 bits per heavy atom. The molecule has 0 N–H and O–H groups in total. The molecule has 1 saturated carbocycles. The van der Waals surface area contributed by atoms with Gasteiger partial charge in [-0.25, -0.2) is 0 Å². The Balaban J connectivity index is 1.59. The lowest BCUT2D eigenvalue weighted by Crippen LogP contribution is -2.45. The van der Waals surface area contributed by atoms with E-state index >= 15 is 0 Å². The third kappa shape index (κ3) is 3.69. The van der Waals surface area contributed by atoms with Crippen molar-refractivity contribution in [3.05, 3.63) is 18.0 Å². The second kappa shape index (κ2) is 6.97. The Labute approximate surface area is 131 Å². The van der Waals surface area contributed by atoms with Gasteiger partial charge >= 0.3 is 0 Å². The van der Waals surface area contributed by atoms with E-state index in [1.807, 2.05) is 17.8 Å². The van der Waals surface area contributed by atoms with E-state index in [0.717, 1.165) is 23.7 Å². The predicted octanol–water partition coefficient (Wildman–Crippen LogP) is 2.55. The Kier molecular flexibility index (Phi) is 5.01. The van der Waals surface area contributed by atoms with E-state index in [4.69, 9.17) is 0 Å². The number of carbonyl (C=O) groups excluding carboxylic acids is 1. The molecule has 0 aromatic carbocycles. The van der Waals surface area contributed by atoms with Gasteiger partial charge in [-0.1, -0.05) is 19.3 Å². The van der Waals surface area contributed by atoms with E-state index in [1.54, 1.807) is 0 Å². The number of carbonyl (C=O) groups is 1. The molecule has 1 unspecified atom stereocenters. The summed E-state index contributed by atoms with van der Waals surface area (Å²) in [5.41, 5.74) is 0.939. The maximum Gasteiger partial charge on any atom is 0.156 e. The summed E-state index contributed by atoms with van der Waals surface area (Å²) in [5.74, 6) is 2.38. The summed E-state index contributed by atoms with van der Waals surface area (Å²) in [6.45, 7) is 1.01. The van der Waals surface area contributed by atoms with Gasteiger partial charge in [0.2, 0.25) is 0 Å². The van der Waals surface area contributed by atoms with E-state index in [0.29, 0.717) is 18.2 Å². The molecule has 2 heterocycles. The van der Waals surface area contributed by atoms with Crippen LogP contribution in [0.4, 0.5) is 0 Å². The first kappa shape index (κ1) is 15.1. The summed E-state index contributed by atoms with van der Waals surface area (Å²) in [4.78, 5) is 14.7. The highest BCUT2D eigenvalue weighted by atomic mass is 32.2. The molecule has 2 aliphatic rings. The molecule has 2 fully saturated rings. The summed E-state index contributed by atoms with van der Waals surface area (Å²) in [6, 6.07) is 2.65. The van der Waals surface area contributed by atoms with Crippen LogP contribution in [0, 0.1) is 0 Å². The summed E-state index contributed by atoms with van der Waals surface area (Å²) >= 11 is 1.89. The van der Waals surface area contributed by atoms with Crippen LogP contribution in [0.2, 0.25) is 0 Å². The average Bonchev–Trinajstić information content (AvgIpc) is 2.97. The molecule has 1 aromatic rings. The quantitative estimate of drug-likeness (QED) is 0.857. The molecule has 5 heteroatoms. The van der Waals surface area contributed by atoms with Crippen LogP contribution in [0.3, 0.4) is 0 Å². The number of rotatable bonds is 4. The van der Waals surface area contributed by atoms with E-state index in [9.17, 15) is 4.79 Å². The molecule has 3 rings (SSSR count). The molecule has 21 heavy (non-hydrogen) atoms. The van der Waals surface area contributed by atoms with Gasteiger partial charge in [0, 0.05) is 24.2 Å². The van der Waals surface area contributed by atoms with Gasteiger partial charge in [0.15, 0.2) is 5.78 Å². The number of likely N-dealkylation sites (N-methyl/N-ethyl adjacent to an activating group) is 1. The van der Waals surface area contributed by atoms with Gasteiger partial charge < -0.3 is 0 Å². The first-order valence-electron chi connectivity index (χ1n) is 8.09. The first-order chi connectivity index (χ1) is 10.2. The highest BCUT2D eigenvalue weighted by molar-refractivity contribution is 7.99. The maximum atomic E-state index is 12.5. The maximum absolute atomic E-state index is 12.5. The fraction of sp³-hybridized carbons (Fsp3) is 0.750. The van der Waals surface area contributed by atoms with E-state index in [-0.39, 0.29) is 6.04 Å². The third-order valence-electron chi connectivity index (χ3n) is 4.74. The van der Waals surface area contributed by atoms with Gasteiger partial charge in [-0.2, -0.15) is 16.9 Å².